The molecule has 0 bridgehead atoms. The number of carbonyl (C=O) groups excluding carboxylic acids is 1. The molecule has 0 amide bonds. The van der Waals surface area contributed by atoms with E-state index in [1.54, 1.807) is 38.7 Å². The lowest BCUT2D eigenvalue weighted by Crippen LogP contribution is -2.24. The van der Waals surface area contributed by atoms with Crippen LogP contribution in [0.1, 0.15) is 28.4 Å². The summed E-state index contributed by atoms with van der Waals surface area (Å²) in [5.41, 5.74) is 3.83. The van der Waals surface area contributed by atoms with Crippen molar-refractivity contribution in [3.05, 3.63) is 102 Å². The van der Waals surface area contributed by atoms with Crippen LogP contribution in [0.25, 0.3) is 11.2 Å². The Morgan fingerprint density at radius 2 is 1.72 bits per heavy atom. The maximum Gasteiger partial charge on any atom is 0.212 e. The lowest BCUT2D eigenvalue weighted by molar-refractivity contribution is 0.0810. The fourth-order valence-electron chi connectivity index (χ4n) is 4.17. The van der Waals surface area contributed by atoms with Crippen LogP contribution in [0.4, 0.5) is 0 Å². The van der Waals surface area contributed by atoms with Crippen molar-refractivity contribution in [1.82, 2.24) is 19.5 Å². The molecule has 3 heterocycles. The van der Waals surface area contributed by atoms with E-state index >= 15 is 0 Å². The number of methoxy groups -OCH3 is 2. The zero-order valence-electron chi connectivity index (χ0n) is 21.9. The summed E-state index contributed by atoms with van der Waals surface area (Å²) in [6, 6.07) is 20.6. The van der Waals surface area contributed by atoms with E-state index in [4.69, 9.17) is 18.9 Å². The number of benzene rings is 2. The first-order valence-corrected chi connectivity index (χ1v) is 12.4. The third-order valence-electron chi connectivity index (χ3n) is 6.16. The van der Waals surface area contributed by atoms with Crippen LogP contribution in [0.2, 0.25) is 0 Å². The van der Waals surface area contributed by atoms with Gasteiger partial charge in [-0.15, -0.1) is 0 Å². The number of hydrogen-bond acceptors (Lipinski definition) is 8. The Labute approximate surface area is 226 Å². The van der Waals surface area contributed by atoms with Crippen molar-refractivity contribution in [2.24, 2.45) is 0 Å². The van der Waals surface area contributed by atoms with Gasteiger partial charge < -0.3 is 23.5 Å². The van der Waals surface area contributed by atoms with E-state index in [1.165, 1.54) is 13.3 Å². The number of rotatable bonds is 11. The lowest BCUT2D eigenvalue weighted by Gasteiger charge is -2.20. The van der Waals surface area contributed by atoms with E-state index in [9.17, 15) is 4.79 Å². The van der Waals surface area contributed by atoms with Crippen molar-refractivity contribution < 1.29 is 23.7 Å². The van der Waals surface area contributed by atoms with E-state index in [0.29, 0.717) is 41.8 Å². The molecule has 0 fully saturated rings. The summed E-state index contributed by atoms with van der Waals surface area (Å²) in [6.07, 6.45) is 4.13. The van der Waals surface area contributed by atoms with Crippen molar-refractivity contribution in [3.63, 3.8) is 0 Å². The second-order valence-electron chi connectivity index (χ2n) is 8.83. The van der Waals surface area contributed by atoms with Crippen LogP contribution in [0.5, 0.6) is 23.1 Å². The van der Waals surface area contributed by atoms with Gasteiger partial charge in [-0.2, -0.15) is 0 Å². The van der Waals surface area contributed by atoms with E-state index in [1.807, 2.05) is 59.2 Å². The molecule has 0 saturated carbocycles. The summed E-state index contributed by atoms with van der Waals surface area (Å²) in [7, 11) is 3.10. The second-order valence-corrected chi connectivity index (χ2v) is 8.83. The molecule has 1 unspecified atom stereocenters. The van der Waals surface area contributed by atoms with Crippen LogP contribution in [0.3, 0.4) is 0 Å². The first-order chi connectivity index (χ1) is 19.1. The molecule has 9 nitrogen and oxygen atoms in total. The molecule has 198 valence electrons. The molecule has 0 aliphatic carbocycles. The first kappa shape index (κ1) is 25.7. The maximum absolute atomic E-state index is 13.2. The van der Waals surface area contributed by atoms with Crippen LogP contribution >= 0.6 is 0 Å². The summed E-state index contributed by atoms with van der Waals surface area (Å²) >= 11 is 0. The van der Waals surface area contributed by atoms with Crippen molar-refractivity contribution in [3.8, 4) is 23.1 Å². The molecule has 0 aliphatic heterocycles. The van der Waals surface area contributed by atoms with Gasteiger partial charge in [-0.25, -0.2) is 15.0 Å². The summed E-state index contributed by atoms with van der Waals surface area (Å²) < 4.78 is 25.2. The van der Waals surface area contributed by atoms with Gasteiger partial charge in [0.15, 0.2) is 23.3 Å². The molecule has 1 atom stereocenters. The van der Waals surface area contributed by atoms with Crippen LogP contribution in [-0.2, 0) is 13.2 Å². The predicted octanol–water partition coefficient (Wildman–Crippen LogP) is 5.12. The maximum atomic E-state index is 13.2. The summed E-state index contributed by atoms with van der Waals surface area (Å²) in [5.74, 6) is 1.48. The molecular weight excluding hydrogens is 496 g/mol. The Morgan fingerprint density at radius 1 is 0.897 bits per heavy atom. The van der Waals surface area contributed by atoms with Crippen LogP contribution in [-0.4, -0.2) is 45.6 Å². The quantitative estimate of drug-likeness (QED) is 0.220. The third-order valence-corrected chi connectivity index (χ3v) is 6.16. The third kappa shape index (κ3) is 5.82. The largest absolute Gasteiger partial charge is 0.493 e. The lowest BCUT2D eigenvalue weighted by atomic mass is 10.1. The molecule has 0 N–H and O–H groups in total. The predicted molar refractivity (Wildman–Crippen MR) is 146 cm³/mol. The van der Waals surface area contributed by atoms with Gasteiger partial charge in [-0.1, -0.05) is 30.3 Å². The number of carbonyl (C=O) groups is 1. The van der Waals surface area contributed by atoms with Gasteiger partial charge in [0.1, 0.15) is 12.1 Å². The van der Waals surface area contributed by atoms with Crippen molar-refractivity contribution in [1.29, 1.82) is 0 Å². The molecule has 3 aromatic heterocycles. The fourth-order valence-corrected chi connectivity index (χ4v) is 4.17. The highest BCUT2D eigenvalue weighted by atomic mass is 16.5. The minimum Gasteiger partial charge on any atom is -0.493 e. The van der Waals surface area contributed by atoms with Gasteiger partial charge in [0.05, 0.1) is 27.1 Å². The molecule has 0 saturated heterocycles. The Kier molecular flexibility index (Phi) is 7.68. The number of imidazole rings is 1. The minimum absolute atomic E-state index is 0.228. The molecule has 5 aromatic rings. The summed E-state index contributed by atoms with van der Waals surface area (Å²) in [4.78, 5) is 26.2. The number of ether oxygens (including phenoxy) is 4. The highest BCUT2D eigenvalue weighted by Crippen LogP contribution is 2.40. The summed E-state index contributed by atoms with van der Waals surface area (Å²) in [6.45, 7) is 2.46. The van der Waals surface area contributed by atoms with Crippen molar-refractivity contribution in [2.75, 3.05) is 14.2 Å². The first-order valence-electron chi connectivity index (χ1n) is 12.4. The Balaban J connectivity index is 1.47. The number of pyridine rings is 2. The number of nitrogens with zero attached hydrogens (tertiary/aromatic N) is 4. The van der Waals surface area contributed by atoms with E-state index in [2.05, 4.69) is 15.0 Å². The fraction of sp³-hybridized carbons (Fsp3) is 0.200. The van der Waals surface area contributed by atoms with E-state index in [0.717, 1.165) is 22.3 Å². The normalized spacial score (nSPS) is 11.7. The van der Waals surface area contributed by atoms with Gasteiger partial charge in [-0.05, 0) is 48.4 Å². The average Bonchev–Trinajstić information content (AvgIpc) is 3.39. The number of aromatic nitrogens is 4. The van der Waals surface area contributed by atoms with Gasteiger partial charge in [-0.3, -0.25) is 4.79 Å². The number of fused-ring (bicyclic) bond motifs is 1. The van der Waals surface area contributed by atoms with Crippen LogP contribution in [0, 0.1) is 0 Å². The Hall–Kier alpha value is -4.92. The molecule has 0 radical (unpaired) electrons. The number of hydrogen-bond donors (Lipinski definition) is 0. The zero-order chi connectivity index (χ0) is 27.2. The van der Waals surface area contributed by atoms with Crippen molar-refractivity contribution in [2.45, 2.75) is 26.2 Å². The summed E-state index contributed by atoms with van der Waals surface area (Å²) in [5, 5.41) is 0. The molecular formula is C30H28N4O5. The monoisotopic (exact) mass is 524 g/mol. The Bertz CT molecular complexity index is 1570. The highest BCUT2D eigenvalue weighted by molar-refractivity contribution is 5.99. The topological polar surface area (TPSA) is 97.6 Å². The van der Waals surface area contributed by atoms with Gasteiger partial charge in [0.25, 0.3) is 0 Å². The standard InChI is InChI=1S/C30H28N4O5/c1-20(28(35)23-11-12-27(37-3)32-16-23)39-26-15-22(17-34-19-33-24-10-7-13-31-30(24)34)14-25(36-2)29(26)38-18-21-8-5-4-6-9-21/h4-16,19-20H,17-18H2,1-3H3. The molecule has 9 heteroatoms. The molecule has 5 rings (SSSR count). The van der Waals surface area contributed by atoms with Crippen LogP contribution in [0.15, 0.2) is 85.5 Å². The number of ketones is 1. The minimum atomic E-state index is -0.824. The second kappa shape index (κ2) is 11.6. The van der Waals surface area contributed by atoms with Crippen molar-refractivity contribution >= 4 is 16.9 Å². The Morgan fingerprint density at radius 3 is 2.46 bits per heavy atom. The van der Waals surface area contributed by atoms with Gasteiger partial charge in [0.2, 0.25) is 17.4 Å². The molecule has 0 aliphatic rings. The van der Waals surface area contributed by atoms with Gasteiger partial charge >= 0.3 is 0 Å². The number of Topliss-reactive ketones (excluding diaryl/α,β-unsaturated/α-hetero) is 1. The molecule has 39 heavy (non-hydrogen) atoms. The van der Waals surface area contributed by atoms with Crippen LogP contribution < -0.4 is 18.9 Å². The average molecular weight is 525 g/mol. The van der Waals surface area contributed by atoms with Gasteiger partial charge in [0, 0.05) is 24.0 Å². The smallest absolute Gasteiger partial charge is 0.212 e. The SMILES string of the molecule is COc1ccc(C(=O)C(C)Oc2cc(Cn3cnc4cccnc43)cc(OC)c2OCc2ccccc2)cn1. The zero-order valence-corrected chi connectivity index (χ0v) is 21.9. The molecule has 2 aromatic carbocycles. The van der Waals surface area contributed by atoms with E-state index < -0.39 is 6.10 Å². The molecule has 0 spiro atoms. The highest BCUT2D eigenvalue weighted by Gasteiger charge is 2.23. The van der Waals surface area contributed by atoms with E-state index in [-0.39, 0.29) is 5.78 Å².